The highest BCUT2D eigenvalue weighted by molar-refractivity contribution is 5.94. The summed E-state index contributed by atoms with van der Waals surface area (Å²) >= 11 is 0. The van der Waals surface area contributed by atoms with Crippen molar-refractivity contribution < 1.29 is 15.0 Å². The Kier molecular flexibility index (Phi) is 6.67. The predicted octanol–water partition coefficient (Wildman–Crippen LogP) is 4.83. The van der Waals surface area contributed by atoms with Crippen molar-refractivity contribution in [2.45, 2.75) is 69.4 Å². The molecule has 0 spiro atoms. The minimum atomic E-state index is -0.871. The number of piperidine rings is 1. The van der Waals surface area contributed by atoms with Crippen molar-refractivity contribution >= 4 is 5.91 Å². The molecule has 3 unspecified atom stereocenters. The van der Waals surface area contributed by atoms with Gasteiger partial charge in [-0.05, 0) is 86.7 Å². The Labute approximate surface area is 209 Å². The molecule has 188 valence electrons. The molecule has 1 saturated heterocycles. The highest BCUT2D eigenvalue weighted by Crippen LogP contribution is 2.53. The van der Waals surface area contributed by atoms with E-state index in [1.807, 2.05) is 42.5 Å². The number of carbonyl (C=O) groups is 1. The number of phenolic OH excluding ortho intramolecular Hbond substituents is 1. The Bertz CT molecular complexity index is 1040. The molecule has 1 amide bonds. The number of carbonyl (C=O) groups excluding carboxylic acids is 1. The molecule has 0 bridgehead atoms. The Morgan fingerprint density at radius 2 is 1.86 bits per heavy atom. The third-order valence-electron chi connectivity index (χ3n) is 8.60. The molecule has 3 atom stereocenters. The summed E-state index contributed by atoms with van der Waals surface area (Å²) in [6, 6.07) is 17.1. The van der Waals surface area contributed by atoms with E-state index in [0.29, 0.717) is 25.4 Å². The van der Waals surface area contributed by atoms with Crippen LogP contribution < -0.4 is 0 Å². The summed E-state index contributed by atoms with van der Waals surface area (Å²) in [6.07, 6.45) is 5.62. The molecule has 1 heterocycles. The maximum atomic E-state index is 13.7. The van der Waals surface area contributed by atoms with Crippen molar-refractivity contribution in [2.75, 3.05) is 26.2 Å². The zero-order valence-corrected chi connectivity index (χ0v) is 21.2. The number of hydrogen-bond donors (Lipinski definition) is 2. The summed E-state index contributed by atoms with van der Waals surface area (Å²) < 4.78 is 0. The molecule has 5 heteroatoms. The van der Waals surface area contributed by atoms with Gasteiger partial charge in [-0.2, -0.15) is 0 Å². The number of β-amino-alcohol motifs (C(OH)–C–C–N with tert-alkyl or cyclic N) is 1. The number of phenols is 1. The van der Waals surface area contributed by atoms with Crippen LogP contribution in [-0.2, 0) is 5.41 Å². The van der Waals surface area contributed by atoms with Crippen molar-refractivity contribution in [3.05, 3.63) is 65.7 Å². The van der Waals surface area contributed by atoms with Gasteiger partial charge in [-0.3, -0.25) is 4.79 Å². The van der Waals surface area contributed by atoms with Crippen molar-refractivity contribution in [2.24, 2.45) is 11.8 Å². The molecule has 2 N–H and O–H groups in total. The van der Waals surface area contributed by atoms with Gasteiger partial charge in [0.05, 0.1) is 5.60 Å². The van der Waals surface area contributed by atoms with Gasteiger partial charge in [-0.1, -0.05) is 44.2 Å². The molecular formula is C30H40N2O3. The van der Waals surface area contributed by atoms with Gasteiger partial charge in [0.15, 0.2) is 0 Å². The first-order valence-electron chi connectivity index (χ1n) is 13.4. The molecule has 2 aliphatic carbocycles. The van der Waals surface area contributed by atoms with Crippen LogP contribution in [0.3, 0.4) is 0 Å². The molecule has 5 nitrogen and oxygen atoms in total. The molecule has 3 aliphatic rings. The number of benzene rings is 2. The summed E-state index contributed by atoms with van der Waals surface area (Å²) in [5.74, 6) is 1.45. The third-order valence-corrected chi connectivity index (χ3v) is 8.60. The van der Waals surface area contributed by atoms with Crippen LogP contribution in [0.2, 0.25) is 0 Å². The van der Waals surface area contributed by atoms with Gasteiger partial charge in [0.1, 0.15) is 5.75 Å². The van der Waals surface area contributed by atoms with E-state index in [1.54, 1.807) is 6.07 Å². The monoisotopic (exact) mass is 476 g/mol. The van der Waals surface area contributed by atoms with Crippen molar-refractivity contribution in [3.8, 4) is 5.75 Å². The number of hydrogen-bond acceptors (Lipinski definition) is 4. The number of aromatic hydroxyl groups is 1. The van der Waals surface area contributed by atoms with Crippen LogP contribution in [0.4, 0.5) is 0 Å². The lowest BCUT2D eigenvalue weighted by Gasteiger charge is -2.59. The summed E-state index contributed by atoms with van der Waals surface area (Å²) in [5, 5.41) is 22.7. The lowest BCUT2D eigenvalue weighted by atomic mass is 9.55. The van der Waals surface area contributed by atoms with Gasteiger partial charge in [0.25, 0.3) is 5.91 Å². The van der Waals surface area contributed by atoms with E-state index in [4.69, 9.17) is 0 Å². The molecule has 2 aromatic rings. The summed E-state index contributed by atoms with van der Waals surface area (Å²) in [6.45, 7) is 7.70. The lowest BCUT2D eigenvalue weighted by Crippen LogP contribution is -2.67. The van der Waals surface area contributed by atoms with E-state index in [2.05, 4.69) is 29.7 Å². The minimum absolute atomic E-state index is 0.0442. The second-order valence-electron chi connectivity index (χ2n) is 11.7. The first-order chi connectivity index (χ1) is 16.8. The van der Waals surface area contributed by atoms with E-state index in [9.17, 15) is 15.0 Å². The van der Waals surface area contributed by atoms with E-state index in [1.165, 1.54) is 12.8 Å². The topological polar surface area (TPSA) is 64.0 Å². The molecule has 0 radical (unpaired) electrons. The van der Waals surface area contributed by atoms with Crippen molar-refractivity contribution in [1.82, 2.24) is 9.80 Å². The van der Waals surface area contributed by atoms with Crippen LogP contribution in [0.15, 0.2) is 54.6 Å². The van der Waals surface area contributed by atoms with Crippen molar-refractivity contribution in [3.63, 3.8) is 0 Å². The second-order valence-corrected chi connectivity index (χ2v) is 11.7. The lowest BCUT2D eigenvalue weighted by molar-refractivity contribution is -0.133. The maximum Gasteiger partial charge on any atom is 0.254 e. The summed E-state index contributed by atoms with van der Waals surface area (Å²) in [4.78, 5) is 18.2. The smallest absolute Gasteiger partial charge is 0.254 e. The van der Waals surface area contributed by atoms with Gasteiger partial charge in [0.2, 0.25) is 0 Å². The second kappa shape index (κ2) is 9.59. The largest absolute Gasteiger partial charge is 0.508 e. The normalized spacial score (nSPS) is 29.1. The van der Waals surface area contributed by atoms with E-state index in [-0.39, 0.29) is 17.7 Å². The van der Waals surface area contributed by atoms with Crippen LogP contribution in [0.1, 0.15) is 68.3 Å². The highest BCUT2D eigenvalue weighted by atomic mass is 16.3. The molecule has 35 heavy (non-hydrogen) atoms. The Morgan fingerprint density at radius 3 is 2.54 bits per heavy atom. The zero-order valence-electron chi connectivity index (χ0n) is 21.2. The Balaban J connectivity index is 1.49. The molecule has 2 aromatic carbocycles. The van der Waals surface area contributed by atoms with Crippen LogP contribution in [0.25, 0.3) is 0 Å². The SMILES string of the molecule is CC(C)CN(C(=O)c1ccccc1)C1CCC2(O)CN(CC3CC3)CCC2(c2cccc(O)c2)C1. The van der Waals surface area contributed by atoms with Gasteiger partial charge in [-0.15, -0.1) is 0 Å². The highest BCUT2D eigenvalue weighted by Gasteiger charge is 2.58. The molecule has 3 fully saturated rings. The van der Waals surface area contributed by atoms with Crippen molar-refractivity contribution in [1.29, 1.82) is 0 Å². The molecule has 0 aromatic heterocycles. The van der Waals surface area contributed by atoms with E-state index < -0.39 is 11.0 Å². The Hall–Kier alpha value is -2.37. The fourth-order valence-electron chi connectivity index (χ4n) is 6.66. The van der Waals surface area contributed by atoms with Gasteiger partial charge >= 0.3 is 0 Å². The van der Waals surface area contributed by atoms with E-state index >= 15 is 0 Å². The zero-order chi connectivity index (χ0) is 24.6. The quantitative estimate of drug-likeness (QED) is 0.601. The average Bonchev–Trinajstić information content (AvgIpc) is 3.66. The number of fused-ring (bicyclic) bond motifs is 1. The third kappa shape index (κ3) is 4.85. The standard InChI is InChI=1S/C30H40N2O3/c1-22(2)19-32(28(34)24-7-4-3-5-8-24)26-13-14-30(35)21-31(20-23-11-12-23)16-15-29(30,18-26)25-9-6-10-27(33)17-25/h3-10,17,22-23,26,33,35H,11-16,18-21H2,1-2H3. The number of aliphatic hydroxyl groups is 1. The first kappa shape index (κ1) is 24.3. The number of amides is 1. The predicted molar refractivity (Wildman–Crippen MR) is 138 cm³/mol. The Morgan fingerprint density at radius 1 is 1.09 bits per heavy atom. The number of nitrogens with zero attached hydrogens (tertiary/aromatic N) is 2. The molecule has 1 aliphatic heterocycles. The fourth-order valence-corrected chi connectivity index (χ4v) is 6.66. The molecular weight excluding hydrogens is 436 g/mol. The minimum Gasteiger partial charge on any atom is -0.508 e. The van der Waals surface area contributed by atoms with Crippen LogP contribution in [-0.4, -0.2) is 63.7 Å². The van der Waals surface area contributed by atoms with Crippen LogP contribution in [0, 0.1) is 11.8 Å². The van der Waals surface area contributed by atoms with Gasteiger partial charge in [-0.25, -0.2) is 0 Å². The van der Waals surface area contributed by atoms with Gasteiger partial charge < -0.3 is 20.0 Å². The summed E-state index contributed by atoms with van der Waals surface area (Å²) in [7, 11) is 0. The van der Waals surface area contributed by atoms with Crippen LogP contribution >= 0.6 is 0 Å². The van der Waals surface area contributed by atoms with Gasteiger partial charge in [0, 0.05) is 36.7 Å². The molecule has 2 saturated carbocycles. The molecule has 5 rings (SSSR count). The number of rotatable bonds is 7. The maximum absolute atomic E-state index is 13.7. The first-order valence-corrected chi connectivity index (χ1v) is 13.4. The fraction of sp³-hybridized carbons (Fsp3) is 0.567. The average molecular weight is 477 g/mol. The summed E-state index contributed by atoms with van der Waals surface area (Å²) in [5.41, 5.74) is 0.372. The van der Waals surface area contributed by atoms with E-state index in [0.717, 1.165) is 49.4 Å². The van der Waals surface area contributed by atoms with Crippen LogP contribution in [0.5, 0.6) is 5.75 Å². The number of likely N-dealkylation sites (tertiary alicyclic amines) is 1.